The van der Waals surface area contributed by atoms with Crippen LogP contribution >= 0.6 is 11.6 Å². The lowest BCUT2D eigenvalue weighted by molar-refractivity contribution is 0.151. The summed E-state index contributed by atoms with van der Waals surface area (Å²) in [6.07, 6.45) is -0.591. The highest BCUT2D eigenvalue weighted by Gasteiger charge is 2.24. The van der Waals surface area contributed by atoms with Gasteiger partial charge in [0.05, 0.1) is 6.20 Å². The predicted octanol–water partition coefficient (Wildman–Crippen LogP) is 3.76. The van der Waals surface area contributed by atoms with E-state index in [1.165, 1.54) is 18.3 Å². The fourth-order valence-electron chi connectivity index (χ4n) is 2.21. The summed E-state index contributed by atoms with van der Waals surface area (Å²) < 4.78 is 33.1. The molecule has 0 fully saturated rings. The molecule has 1 aromatic heterocycles. The maximum atomic E-state index is 12.8. The fraction of sp³-hybridized carbons (Fsp3) is 0.231. The number of benzene rings is 1. The smallest absolute Gasteiger partial charge is 0.263 e. The minimum absolute atomic E-state index is 0.0353. The van der Waals surface area contributed by atoms with Crippen molar-refractivity contribution < 1.29 is 10.2 Å². The molecule has 0 amide bonds. The first-order valence-electron chi connectivity index (χ1n) is 6.24. The van der Waals surface area contributed by atoms with E-state index >= 15 is 0 Å². The summed E-state index contributed by atoms with van der Waals surface area (Å²) >= 11 is 6.05. The quantitative estimate of drug-likeness (QED) is 0.840. The van der Waals surface area contributed by atoms with Crippen LogP contribution in [0.3, 0.4) is 0 Å². The summed E-state index contributed by atoms with van der Waals surface area (Å²) in [7, 11) is 0. The molecular formula is C13H10ClF2N3. The van der Waals surface area contributed by atoms with Gasteiger partial charge in [0.1, 0.15) is 12.7 Å². The van der Waals surface area contributed by atoms with Crippen LogP contribution in [0.5, 0.6) is 0 Å². The van der Waals surface area contributed by atoms with Crippen molar-refractivity contribution in [2.24, 2.45) is 0 Å². The lowest BCUT2D eigenvalue weighted by atomic mass is 10.1. The highest BCUT2D eigenvalue weighted by atomic mass is 35.5. The first-order chi connectivity index (χ1) is 9.56. The van der Waals surface area contributed by atoms with E-state index < -0.39 is 6.43 Å². The third-order valence-corrected chi connectivity index (χ3v) is 3.38. The number of halogens is 3. The summed E-state index contributed by atoms with van der Waals surface area (Å²) in [6.45, 7) is 0.595. The lowest BCUT2D eigenvalue weighted by Gasteiger charge is -2.19. The Kier molecular flexibility index (Phi) is 2.77. The average molecular weight is 283 g/mol. The van der Waals surface area contributed by atoms with Crippen molar-refractivity contribution in [3.8, 4) is 0 Å². The van der Waals surface area contributed by atoms with Gasteiger partial charge in [0.2, 0.25) is 0 Å². The molecule has 0 unspecified atom stereocenters. The normalized spacial score (nSPS) is 14.7. The minimum atomic E-state index is -2.52. The molecule has 2 heterocycles. The highest BCUT2D eigenvalue weighted by molar-refractivity contribution is 6.33. The Labute approximate surface area is 115 Å². The SMILES string of the molecule is [2H]c1ncc(Cl)c(N2CCc3ccc(C(F)F)cc32)n1. The zero-order chi connectivity index (χ0) is 14.3. The number of nitrogens with zero attached hydrogens (tertiary/aromatic N) is 3. The van der Waals surface area contributed by atoms with Gasteiger partial charge >= 0.3 is 0 Å². The van der Waals surface area contributed by atoms with E-state index in [1.807, 2.05) is 0 Å². The van der Waals surface area contributed by atoms with E-state index in [0.29, 0.717) is 23.1 Å². The lowest BCUT2D eigenvalue weighted by Crippen LogP contribution is -2.15. The zero-order valence-electron chi connectivity index (χ0n) is 10.8. The summed E-state index contributed by atoms with van der Waals surface area (Å²) in [4.78, 5) is 9.43. The molecule has 19 heavy (non-hydrogen) atoms. The van der Waals surface area contributed by atoms with Gasteiger partial charge in [-0.05, 0) is 18.1 Å². The topological polar surface area (TPSA) is 29.0 Å². The van der Waals surface area contributed by atoms with E-state index in [9.17, 15) is 8.78 Å². The first-order valence-corrected chi connectivity index (χ1v) is 6.11. The monoisotopic (exact) mass is 282 g/mol. The van der Waals surface area contributed by atoms with Crippen molar-refractivity contribution in [2.45, 2.75) is 12.8 Å². The van der Waals surface area contributed by atoms with Gasteiger partial charge in [-0.15, -0.1) is 0 Å². The van der Waals surface area contributed by atoms with Crippen LogP contribution in [-0.2, 0) is 6.42 Å². The van der Waals surface area contributed by atoms with Crippen molar-refractivity contribution in [1.29, 1.82) is 0 Å². The maximum absolute atomic E-state index is 12.8. The van der Waals surface area contributed by atoms with E-state index in [4.69, 9.17) is 13.0 Å². The van der Waals surface area contributed by atoms with Crippen molar-refractivity contribution in [3.63, 3.8) is 0 Å². The molecule has 6 heteroatoms. The molecule has 0 N–H and O–H groups in total. The Morgan fingerprint density at radius 1 is 1.42 bits per heavy atom. The number of hydrogen-bond donors (Lipinski definition) is 0. The summed E-state index contributed by atoms with van der Waals surface area (Å²) in [5.41, 5.74) is 1.60. The highest BCUT2D eigenvalue weighted by Crippen LogP contribution is 2.38. The molecule has 3 rings (SSSR count). The third-order valence-electron chi connectivity index (χ3n) is 3.12. The second-order valence-corrected chi connectivity index (χ2v) is 4.64. The Morgan fingerprint density at radius 3 is 3.05 bits per heavy atom. The Bertz CT molecular complexity index is 666. The van der Waals surface area contributed by atoms with Crippen LogP contribution in [0.25, 0.3) is 0 Å². The fourth-order valence-corrected chi connectivity index (χ4v) is 2.41. The standard InChI is InChI=1S/C13H10ClF2N3/c14-10-6-17-7-18-13(10)19-4-3-8-1-2-9(12(15)16)5-11(8)19/h1-2,5-7,12H,3-4H2/i7D. The minimum Gasteiger partial charge on any atom is -0.324 e. The van der Waals surface area contributed by atoms with Gasteiger partial charge in [-0.3, -0.25) is 0 Å². The molecule has 98 valence electrons. The average Bonchev–Trinajstić information content (AvgIpc) is 2.84. The number of alkyl halides is 2. The first kappa shape index (κ1) is 11.1. The molecule has 1 aliphatic heterocycles. The van der Waals surface area contributed by atoms with E-state index in [1.54, 1.807) is 11.0 Å². The number of rotatable bonds is 2. The van der Waals surface area contributed by atoms with Crippen LogP contribution in [0.1, 0.15) is 18.9 Å². The molecular weight excluding hydrogens is 272 g/mol. The second-order valence-electron chi connectivity index (χ2n) is 4.23. The zero-order valence-corrected chi connectivity index (χ0v) is 10.5. The van der Waals surface area contributed by atoms with Crippen LogP contribution in [0.2, 0.25) is 5.02 Å². The number of aromatic nitrogens is 2. The van der Waals surface area contributed by atoms with E-state index in [0.717, 1.165) is 12.0 Å². The van der Waals surface area contributed by atoms with Crippen molar-refractivity contribution in [2.75, 3.05) is 11.4 Å². The molecule has 0 bridgehead atoms. The number of anilines is 2. The van der Waals surface area contributed by atoms with Crippen LogP contribution in [-0.4, -0.2) is 16.5 Å². The molecule has 2 aromatic rings. The molecule has 0 saturated carbocycles. The molecule has 0 saturated heterocycles. The van der Waals surface area contributed by atoms with Gasteiger partial charge in [0.15, 0.2) is 5.82 Å². The second kappa shape index (κ2) is 4.74. The van der Waals surface area contributed by atoms with E-state index in [2.05, 4.69) is 9.97 Å². The van der Waals surface area contributed by atoms with Gasteiger partial charge in [-0.1, -0.05) is 23.7 Å². The Hall–Kier alpha value is -1.75. The summed E-state index contributed by atoms with van der Waals surface area (Å²) in [5.74, 6) is 0.386. The van der Waals surface area contributed by atoms with Gasteiger partial charge in [0, 0.05) is 17.8 Å². The van der Waals surface area contributed by atoms with E-state index in [-0.39, 0.29) is 11.9 Å². The maximum Gasteiger partial charge on any atom is 0.263 e. The largest absolute Gasteiger partial charge is 0.324 e. The number of fused-ring (bicyclic) bond motifs is 1. The Balaban J connectivity index is 2.07. The number of hydrogen-bond acceptors (Lipinski definition) is 3. The summed E-state index contributed by atoms with van der Waals surface area (Å²) in [5, 5.41) is 0.302. The molecule has 0 spiro atoms. The summed E-state index contributed by atoms with van der Waals surface area (Å²) in [6, 6.07) is 4.59. The van der Waals surface area contributed by atoms with Gasteiger partial charge < -0.3 is 4.90 Å². The van der Waals surface area contributed by atoms with Gasteiger partial charge in [-0.25, -0.2) is 18.7 Å². The van der Waals surface area contributed by atoms with Crippen molar-refractivity contribution >= 4 is 23.1 Å². The van der Waals surface area contributed by atoms with Crippen molar-refractivity contribution in [1.82, 2.24) is 9.97 Å². The van der Waals surface area contributed by atoms with Gasteiger partial charge in [-0.2, -0.15) is 0 Å². The molecule has 1 aliphatic rings. The van der Waals surface area contributed by atoms with Crippen LogP contribution in [0.15, 0.2) is 30.7 Å². The molecule has 1 aromatic carbocycles. The molecule has 0 aliphatic carbocycles. The molecule has 0 atom stereocenters. The van der Waals surface area contributed by atoms with Gasteiger partial charge in [0.25, 0.3) is 6.43 Å². The molecule has 3 nitrogen and oxygen atoms in total. The third kappa shape index (κ3) is 2.14. The predicted molar refractivity (Wildman–Crippen MR) is 69.2 cm³/mol. The van der Waals surface area contributed by atoms with Crippen LogP contribution in [0.4, 0.5) is 20.3 Å². The molecule has 0 radical (unpaired) electrons. The van der Waals surface area contributed by atoms with Crippen LogP contribution < -0.4 is 4.90 Å². The van der Waals surface area contributed by atoms with Crippen molar-refractivity contribution in [3.05, 3.63) is 46.8 Å². The van der Waals surface area contributed by atoms with Crippen LogP contribution in [0, 0.1) is 0 Å². The Morgan fingerprint density at radius 2 is 2.26 bits per heavy atom.